The van der Waals surface area contributed by atoms with E-state index in [0.717, 1.165) is 22.2 Å². The zero-order valence-corrected chi connectivity index (χ0v) is 15.1. The summed E-state index contributed by atoms with van der Waals surface area (Å²) in [4.78, 5) is 31.3. The zero-order valence-electron chi connectivity index (χ0n) is 15.1. The van der Waals surface area contributed by atoms with Gasteiger partial charge in [0.1, 0.15) is 0 Å². The lowest BCUT2D eigenvalue weighted by Crippen LogP contribution is -2.51. The van der Waals surface area contributed by atoms with Gasteiger partial charge in [0.15, 0.2) is 0 Å². The summed E-state index contributed by atoms with van der Waals surface area (Å²) in [5.41, 5.74) is 4.36. The van der Waals surface area contributed by atoms with Crippen molar-refractivity contribution in [2.24, 2.45) is 0 Å². The first-order valence-electron chi connectivity index (χ1n) is 8.77. The SMILES string of the molecule is CCOC(=O)N1CCN(C(=O)Cc2c(C)[nH]c3ccc(C)cc23)CC1. The molecule has 1 saturated heterocycles. The molecular weight excluding hydrogens is 318 g/mol. The van der Waals surface area contributed by atoms with Crippen LogP contribution in [0.25, 0.3) is 10.9 Å². The molecule has 0 saturated carbocycles. The van der Waals surface area contributed by atoms with Crippen LogP contribution >= 0.6 is 0 Å². The molecule has 3 rings (SSSR count). The molecule has 6 heteroatoms. The number of hydrogen-bond acceptors (Lipinski definition) is 3. The Morgan fingerprint density at radius 1 is 1.12 bits per heavy atom. The maximum absolute atomic E-state index is 12.7. The first-order chi connectivity index (χ1) is 12.0. The molecule has 1 aromatic heterocycles. The molecule has 1 aromatic carbocycles. The lowest BCUT2D eigenvalue weighted by atomic mass is 10.0. The van der Waals surface area contributed by atoms with Gasteiger partial charge in [-0.1, -0.05) is 11.6 Å². The van der Waals surface area contributed by atoms with Crippen LogP contribution in [-0.4, -0.2) is 59.6 Å². The van der Waals surface area contributed by atoms with Crippen LogP contribution in [0.15, 0.2) is 18.2 Å². The molecule has 2 aromatic rings. The van der Waals surface area contributed by atoms with E-state index >= 15 is 0 Å². The lowest BCUT2D eigenvalue weighted by Gasteiger charge is -2.34. The predicted octanol–water partition coefficient (Wildman–Crippen LogP) is 2.63. The van der Waals surface area contributed by atoms with Gasteiger partial charge >= 0.3 is 6.09 Å². The Morgan fingerprint density at radius 3 is 2.48 bits per heavy atom. The first-order valence-corrected chi connectivity index (χ1v) is 8.77. The van der Waals surface area contributed by atoms with Crippen LogP contribution in [-0.2, 0) is 16.0 Å². The van der Waals surface area contributed by atoms with E-state index in [9.17, 15) is 9.59 Å². The molecule has 0 atom stereocenters. The molecule has 0 spiro atoms. The van der Waals surface area contributed by atoms with Gasteiger partial charge in [0, 0.05) is 42.8 Å². The number of aryl methyl sites for hydroxylation is 2. The highest BCUT2D eigenvalue weighted by Crippen LogP contribution is 2.24. The number of carbonyl (C=O) groups is 2. The van der Waals surface area contributed by atoms with E-state index in [4.69, 9.17) is 4.74 Å². The van der Waals surface area contributed by atoms with E-state index in [1.807, 2.05) is 11.8 Å². The molecule has 1 aliphatic rings. The highest BCUT2D eigenvalue weighted by molar-refractivity contribution is 5.90. The minimum absolute atomic E-state index is 0.106. The van der Waals surface area contributed by atoms with Crippen LogP contribution in [0, 0.1) is 13.8 Å². The molecule has 0 unspecified atom stereocenters. The highest BCUT2D eigenvalue weighted by atomic mass is 16.6. The maximum atomic E-state index is 12.7. The molecule has 1 aliphatic heterocycles. The number of amides is 2. The van der Waals surface area contributed by atoms with Crippen molar-refractivity contribution in [3.63, 3.8) is 0 Å². The number of aromatic nitrogens is 1. The number of hydrogen-bond donors (Lipinski definition) is 1. The number of benzene rings is 1. The van der Waals surface area contributed by atoms with Crippen LogP contribution in [0.5, 0.6) is 0 Å². The third-order valence-corrected chi connectivity index (χ3v) is 4.76. The monoisotopic (exact) mass is 343 g/mol. The Balaban J connectivity index is 1.67. The summed E-state index contributed by atoms with van der Waals surface area (Å²) in [6.07, 6.45) is 0.0897. The van der Waals surface area contributed by atoms with Crippen molar-refractivity contribution in [2.45, 2.75) is 27.2 Å². The summed E-state index contributed by atoms with van der Waals surface area (Å²) >= 11 is 0. The Bertz CT molecular complexity index is 789. The van der Waals surface area contributed by atoms with E-state index in [-0.39, 0.29) is 12.0 Å². The molecule has 0 bridgehead atoms. The third-order valence-electron chi connectivity index (χ3n) is 4.76. The number of ether oxygens (including phenoxy) is 1. The zero-order chi connectivity index (χ0) is 18.0. The van der Waals surface area contributed by atoms with Gasteiger partial charge in [-0.2, -0.15) is 0 Å². The summed E-state index contributed by atoms with van der Waals surface area (Å²) in [6, 6.07) is 6.25. The standard InChI is InChI=1S/C19H25N3O3/c1-4-25-19(24)22-9-7-21(8-10-22)18(23)12-15-14(3)20-17-6-5-13(2)11-16(15)17/h5-6,11,20H,4,7-10,12H2,1-3H3. The van der Waals surface area contributed by atoms with Gasteiger partial charge in [-0.05, 0) is 38.5 Å². The Labute approximate surface area is 147 Å². The van der Waals surface area contributed by atoms with Gasteiger partial charge in [-0.3, -0.25) is 4.79 Å². The van der Waals surface area contributed by atoms with Crippen molar-refractivity contribution < 1.29 is 14.3 Å². The molecule has 1 fully saturated rings. The maximum Gasteiger partial charge on any atom is 0.409 e. The van der Waals surface area contributed by atoms with Gasteiger partial charge in [-0.15, -0.1) is 0 Å². The number of nitrogens with one attached hydrogen (secondary N) is 1. The number of piperazine rings is 1. The summed E-state index contributed by atoms with van der Waals surface area (Å²) in [7, 11) is 0. The normalized spacial score (nSPS) is 14.8. The largest absolute Gasteiger partial charge is 0.450 e. The molecule has 0 radical (unpaired) electrons. The predicted molar refractivity (Wildman–Crippen MR) is 96.7 cm³/mol. The van der Waals surface area contributed by atoms with Crippen LogP contribution < -0.4 is 0 Å². The van der Waals surface area contributed by atoms with Crippen LogP contribution in [0.2, 0.25) is 0 Å². The average Bonchev–Trinajstić information content (AvgIpc) is 2.90. The second-order valence-electron chi connectivity index (χ2n) is 6.52. The highest BCUT2D eigenvalue weighted by Gasteiger charge is 2.25. The van der Waals surface area contributed by atoms with E-state index in [1.165, 1.54) is 5.56 Å². The van der Waals surface area contributed by atoms with E-state index in [0.29, 0.717) is 39.2 Å². The van der Waals surface area contributed by atoms with Crippen molar-refractivity contribution in [1.82, 2.24) is 14.8 Å². The Hall–Kier alpha value is -2.50. The molecule has 25 heavy (non-hydrogen) atoms. The molecule has 0 aliphatic carbocycles. The van der Waals surface area contributed by atoms with Crippen molar-refractivity contribution in [3.05, 3.63) is 35.0 Å². The number of nitrogens with zero attached hydrogens (tertiary/aromatic N) is 2. The van der Waals surface area contributed by atoms with Crippen molar-refractivity contribution >= 4 is 22.9 Å². The fourth-order valence-electron chi connectivity index (χ4n) is 3.34. The van der Waals surface area contributed by atoms with Gasteiger partial charge in [-0.25, -0.2) is 4.79 Å². The van der Waals surface area contributed by atoms with Gasteiger partial charge in [0.2, 0.25) is 5.91 Å². The molecule has 1 N–H and O–H groups in total. The first kappa shape index (κ1) is 17.3. The van der Waals surface area contributed by atoms with Gasteiger partial charge in [0.05, 0.1) is 13.0 Å². The number of aromatic amines is 1. The summed E-state index contributed by atoms with van der Waals surface area (Å²) in [5, 5.41) is 1.12. The number of carbonyl (C=O) groups excluding carboxylic acids is 2. The van der Waals surface area contributed by atoms with Crippen molar-refractivity contribution in [1.29, 1.82) is 0 Å². The third kappa shape index (κ3) is 3.62. The topological polar surface area (TPSA) is 65.6 Å². The molecular formula is C19H25N3O3. The van der Waals surface area contributed by atoms with Gasteiger partial charge in [0.25, 0.3) is 0 Å². The van der Waals surface area contributed by atoms with Crippen LogP contribution in [0.4, 0.5) is 4.79 Å². The van der Waals surface area contributed by atoms with Gasteiger partial charge < -0.3 is 19.5 Å². The van der Waals surface area contributed by atoms with E-state index < -0.39 is 0 Å². The summed E-state index contributed by atoms with van der Waals surface area (Å²) in [5.74, 6) is 0.106. The average molecular weight is 343 g/mol. The van der Waals surface area contributed by atoms with E-state index in [2.05, 4.69) is 30.1 Å². The summed E-state index contributed by atoms with van der Waals surface area (Å²) in [6.45, 7) is 8.39. The molecule has 6 nitrogen and oxygen atoms in total. The molecule has 2 heterocycles. The molecule has 134 valence electrons. The Kier molecular flexibility index (Phi) is 4.97. The molecule has 2 amide bonds. The quantitative estimate of drug-likeness (QED) is 0.932. The number of rotatable bonds is 3. The number of fused-ring (bicyclic) bond motifs is 1. The van der Waals surface area contributed by atoms with Crippen molar-refractivity contribution in [3.8, 4) is 0 Å². The summed E-state index contributed by atoms with van der Waals surface area (Å²) < 4.78 is 5.02. The fourth-order valence-corrected chi connectivity index (χ4v) is 3.34. The lowest BCUT2D eigenvalue weighted by molar-refractivity contribution is -0.132. The minimum atomic E-state index is -0.294. The number of H-pyrrole nitrogens is 1. The van der Waals surface area contributed by atoms with Crippen LogP contribution in [0.1, 0.15) is 23.7 Å². The second-order valence-corrected chi connectivity index (χ2v) is 6.52. The van der Waals surface area contributed by atoms with Crippen LogP contribution in [0.3, 0.4) is 0 Å². The smallest absolute Gasteiger partial charge is 0.409 e. The van der Waals surface area contributed by atoms with E-state index in [1.54, 1.807) is 11.8 Å². The van der Waals surface area contributed by atoms with Crippen molar-refractivity contribution in [2.75, 3.05) is 32.8 Å². The second kappa shape index (κ2) is 7.17. The Morgan fingerprint density at radius 2 is 1.80 bits per heavy atom. The fraction of sp³-hybridized carbons (Fsp3) is 0.474. The minimum Gasteiger partial charge on any atom is -0.450 e.